The minimum absolute atomic E-state index is 0.0577. The predicted octanol–water partition coefficient (Wildman–Crippen LogP) is 5.12. The summed E-state index contributed by atoms with van der Waals surface area (Å²) in [5.74, 6) is -1.36. The van der Waals surface area contributed by atoms with Crippen LogP contribution in [0.4, 0.5) is 13.2 Å². The molecule has 1 fully saturated rings. The number of nitrogens with zero attached hydrogens (tertiary/aromatic N) is 5. The highest BCUT2D eigenvalue weighted by molar-refractivity contribution is 7.89. The van der Waals surface area contributed by atoms with Crippen LogP contribution in [0.15, 0.2) is 81.9 Å². The summed E-state index contributed by atoms with van der Waals surface area (Å²) in [4.78, 5) is 22.3. The van der Waals surface area contributed by atoms with E-state index in [1.165, 1.54) is 47.7 Å². The summed E-state index contributed by atoms with van der Waals surface area (Å²) in [5.41, 5.74) is 1.61. The molecule has 0 radical (unpaired) electrons. The van der Waals surface area contributed by atoms with Gasteiger partial charge in [0.2, 0.25) is 10.0 Å². The number of amidine groups is 1. The molecule has 44 heavy (non-hydrogen) atoms. The zero-order chi connectivity index (χ0) is 31.2. The van der Waals surface area contributed by atoms with Crippen molar-refractivity contribution in [1.29, 1.82) is 0 Å². The largest absolute Gasteiger partial charge is 0.481 e. The fourth-order valence-corrected chi connectivity index (χ4v) is 7.77. The normalized spacial score (nSPS) is 18.6. The zero-order valence-corrected chi connectivity index (χ0v) is 24.8. The minimum atomic E-state index is -4.20. The Kier molecular flexibility index (Phi) is 8.04. The van der Waals surface area contributed by atoms with Crippen LogP contribution < -0.4 is 4.72 Å². The van der Waals surface area contributed by atoms with E-state index in [9.17, 15) is 31.5 Å². The lowest BCUT2D eigenvalue weighted by Crippen LogP contribution is -2.39. The summed E-state index contributed by atoms with van der Waals surface area (Å²) in [7, 11) is -4.20. The smallest absolute Gasteiger partial charge is 0.333 e. The van der Waals surface area contributed by atoms with Gasteiger partial charge in [-0.25, -0.2) is 27.2 Å². The maximum atomic E-state index is 14.0. The molecule has 2 N–H and O–H groups in total. The second-order valence-electron chi connectivity index (χ2n) is 9.99. The molecule has 0 amide bonds. The average molecular weight is 663 g/mol. The number of rotatable bonds is 9. The van der Waals surface area contributed by atoms with E-state index in [0.717, 1.165) is 12.3 Å². The summed E-state index contributed by atoms with van der Waals surface area (Å²) in [6, 6.07) is 9.37. The number of carboxylic acids is 1. The molecule has 16 heteroatoms. The van der Waals surface area contributed by atoms with E-state index in [-0.39, 0.29) is 34.1 Å². The second kappa shape index (κ2) is 11.8. The number of alkyl halides is 2. The number of hydrogen-bond acceptors (Lipinski definition) is 8. The Labute approximate surface area is 258 Å². The molecule has 2 aromatic carbocycles. The number of aliphatic carboxylic acids is 1. The molecule has 4 aromatic rings. The molecule has 4 heterocycles. The van der Waals surface area contributed by atoms with Crippen LogP contribution >= 0.6 is 22.9 Å². The molecule has 1 saturated heterocycles. The third-order valence-corrected chi connectivity index (χ3v) is 9.87. The van der Waals surface area contributed by atoms with E-state index in [4.69, 9.17) is 16.6 Å². The lowest BCUT2D eigenvalue weighted by atomic mass is 9.92. The SMILES string of the molecule is O=C(O)Cc1ccccc1S(=O)(=O)N[C@H]1CC2=C(c3ccn(C(F)F)n3)[C@H](c3ccc(F)cc3Cl)N=C(c3nccs3)N2C1. The molecule has 0 spiro atoms. The Bertz CT molecular complexity index is 1910. The number of aromatic nitrogens is 3. The number of carbonyl (C=O) groups is 1. The molecular weight excluding hydrogens is 641 g/mol. The second-order valence-corrected chi connectivity index (χ2v) is 13.0. The first kappa shape index (κ1) is 30.0. The van der Waals surface area contributed by atoms with E-state index >= 15 is 0 Å². The number of carboxylic acid groups (broad SMARTS) is 1. The van der Waals surface area contributed by atoms with Crippen molar-refractivity contribution < 1.29 is 31.5 Å². The van der Waals surface area contributed by atoms with Gasteiger partial charge in [0.15, 0.2) is 10.8 Å². The minimum Gasteiger partial charge on any atom is -0.481 e. The lowest BCUT2D eigenvalue weighted by Gasteiger charge is -2.32. The number of thiazole rings is 1. The number of benzene rings is 2. The molecule has 0 aliphatic carbocycles. The highest BCUT2D eigenvalue weighted by Gasteiger charge is 2.42. The van der Waals surface area contributed by atoms with Crippen molar-refractivity contribution in [2.75, 3.05) is 6.54 Å². The van der Waals surface area contributed by atoms with Gasteiger partial charge in [-0.1, -0.05) is 35.9 Å². The quantitative estimate of drug-likeness (QED) is 0.255. The van der Waals surface area contributed by atoms with Gasteiger partial charge < -0.3 is 10.0 Å². The van der Waals surface area contributed by atoms with Gasteiger partial charge in [-0.05, 0) is 29.8 Å². The fourth-order valence-electron chi connectivity index (χ4n) is 5.39. The number of fused-ring (bicyclic) bond motifs is 1. The van der Waals surface area contributed by atoms with Crippen LogP contribution in [0.25, 0.3) is 5.57 Å². The van der Waals surface area contributed by atoms with Gasteiger partial charge in [0.05, 0.1) is 17.0 Å². The fraction of sp³-hybridized carbons (Fsp3) is 0.214. The number of sulfonamides is 1. The first-order valence-electron chi connectivity index (χ1n) is 13.1. The maximum absolute atomic E-state index is 14.0. The standard InChI is InChI=1S/C28H22ClF3N6O4S2/c29-19-12-16(30)5-6-18(19)25-24(20-7-9-38(35-20)28(31)32)21-13-17(14-37(21)26(34-25)27-33-8-10-43-27)36-44(41,42)22-4-2-1-3-15(22)11-23(39)40/h1-10,12,17,25,28,36H,11,13-14H2,(H,39,40)/t17-,25-/m0/s1. The summed E-state index contributed by atoms with van der Waals surface area (Å²) in [5, 5.41) is 15.7. The van der Waals surface area contributed by atoms with Crippen molar-refractivity contribution in [3.63, 3.8) is 0 Å². The van der Waals surface area contributed by atoms with Crippen molar-refractivity contribution in [2.24, 2.45) is 4.99 Å². The highest BCUT2D eigenvalue weighted by atomic mass is 35.5. The summed E-state index contributed by atoms with van der Waals surface area (Å²) in [6.07, 6.45) is 2.31. The van der Waals surface area contributed by atoms with Crippen molar-refractivity contribution in [3.8, 4) is 0 Å². The molecule has 228 valence electrons. The van der Waals surface area contributed by atoms with E-state index in [1.807, 2.05) is 0 Å². The van der Waals surface area contributed by atoms with Gasteiger partial charge in [0, 0.05) is 58.6 Å². The molecule has 2 aliphatic heterocycles. The first-order chi connectivity index (χ1) is 21.0. The lowest BCUT2D eigenvalue weighted by molar-refractivity contribution is -0.136. The summed E-state index contributed by atoms with van der Waals surface area (Å²) < 4.78 is 71.5. The van der Waals surface area contributed by atoms with Gasteiger partial charge in [-0.3, -0.25) is 9.79 Å². The Morgan fingerprint density at radius 2 is 2.00 bits per heavy atom. The topological polar surface area (TPSA) is 130 Å². The van der Waals surface area contributed by atoms with Crippen LogP contribution in [-0.4, -0.2) is 57.6 Å². The molecule has 2 atom stereocenters. The summed E-state index contributed by atoms with van der Waals surface area (Å²) >= 11 is 7.78. The molecule has 10 nitrogen and oxygen atoms in total. The van der Waals surface area contributed by atoms with E-state index in [1.54, 1.807) is 22.5 Å². The Balaban J connectivity index is 1.47. The predicted molar refractivity (Wildman–Crippen MR) is 156 cm³/mol. The van der Waals surface area contributed by atoms with Gasteiger partial charge in [0.25, 0.3) is 0 Å². The van der Waals surface area contributed by atoms with Crippen LogP contribution in [0.2, 0.25) is 5.02 Å². The first-order valence-corrected chi connectivity index (χ1v) is 15.8. The van der Waals surface area contributed by atoms with Crippen molar-refractivity contribution in [2.45, 2.75) is 36.4 Å². The summed E-state index contributed by atoms with van der Waals surface area (Å²) in [6.45, 7) is -2.82. The van der Waals surface area contributed by atoms with Gasteiger partial charge in [-0.15, -0.1) is 11.3 Å². The van der Waals surface area contributed by atoms with Crippen molar-refractivity contribution in [1.82, 2.24) is 24.4 Å². The molecule has 0 saturated carbocycles. The third-order valence-electron chi connectivity index (χ3n) is 7.15. The molecule has 6 rings (SSSR count). The molecule has 0 unspecified atom stereocenters. The van der Waals surface area contributed by atoms with Crippen LogP contribution in [0.5, 0.6) is 0 Å². The maximum Gasteiger partial charge on any atom is 0.333 e. The van der Waals surface area contributed by atoms with Crippen LogP contribution in [0.1, 0.15) is 40.8 Å². The van der Waals surface area contributed by atoms with Crippen LogP contribution in [0, 0.1) is 5.82 Å². The Hall–Kier alpha value is -4.05. The third kappa shape index (κ3) is 5.75. The number of nitrogens with one attached hydrogen (secondary N) is 1. The van der Waals surface area contributed by atoms with Crippen molar-refractivity contribution >= 4 is 50.3 Å². The highest BCUT2D eigenvalue weighted by Crippen LogP contribution is 2.46. The zero-order valence-electron chi connectivity index (χ0n) is 22.4. The molecule has 2 aromatic heterocycles. The molecule has 2 aliphatic rings. The molecular formula is C28H22ClF3N6O4S2. The average Bonchev–Trinajstić information content (AvgIpc) is 3.73. The van der Waals surface area contributed by atoms with Crippen LogP contribution in [0.3, 0.4) is 0 Å². The Morgan fingerprint density at radius 3 is 2.68 bits per heavy atom. The van der Waals surface area contributed by atoms with Crippen molar-refractivity contribution in [3.05, 3.63) is 105 Å². The number of aliphatic imine (C=N–C) groups is 1. The van der Waals surface area contributed by atoms with Gasteiger partial charge in [-0.2, -0.15) is 13.9 Å². The van der Waals surface area contributed by atoms with Gasteiger partial charge in [0.1, 0.15) is 11.9 Å². The van der Waals surface area contributed by atoms with E-state index in [0.29, 0.717) is 32.4 Å². The van der Waals surface area contributed by atoms with E-state index in [2.05, 4.69) is 14.8 Å². The number of hydrogen-bond donors (Lipinski definition) is 2. The van der Waals surface area contributed by atoms with Crippen LogP contribution in [-0.2, 0) is 21.2 Å². The Morgan fingerprint density at radius 1 is 1.20 bits per heavy atom. The monoisotopic (exact) mass is 662 g/mol. The number of halogens is 4. The van der Waals surface area contributed by atoms with Gasteiger partial charge >= 0.3 is 12.5 Å². The molecule has 0 bridgehead atoms. The van der Waals surface area contributed by atoms with E-state index < -0.39 is 46.9 Å².